The van der Waals surface area contributed by atoms with Crippen LogP contribution >= 0.6 is 0 Å². The third-order valence-corrected chi connectivity index (χ3v) is 4.63. The molecule has 0 fully saturated rings. The third-order valence-electron chi connectivity index (χ3n) is 4.63. The quantitative estimate of drug-likeness (QED) is 0.759. The van der Waals surface area contributed by atoms with Crippen LogP contribution in [0.3, 0.4) is 0 Å². The Morgan fingerprint density at radius 3 is 2.58 bits per heavy atom. The molecule has 6 nitrogen and oxygen atoms in total. The van der Waals surface area contributed by atoms with E-state index in [1.165, 1.54) is 0 Å². The van der Waals surface area contributed by atoms with Crippen LogP contribution in [-0.2, 0) is 11.3 Å². The molecule has 1 aliphatic rings. The van der Waals surface area contributed by atoms with Gasteiger partial charge in [-0.2, -0.15) is 5.10 Å². The fraction of sp³-hybridized carbons (Fsp3) is 0.150. The molecule has 26 heavy (non-hydrogen) atoms. The number of nitrogens with one attached hydrogen (secondary N) is 1. The molecule has 0 unspecified atom stereocenters. The van der Waals surface area contributed by atoms with E-state index >= 15 is 0 Å². The van der Waals surface area contributed by atoms with Gasteiger partial charge >= 0.3 is 5.97 Å². The number of carbonyl (C=O) groups is 2. The van der Waals surface area contributed by atoms with E-state index in [1.807, 2.05) is 30.3 Å². The molecular formula is C20H17N3O3. The monoisotopic (exact) mass is 347 g/mol. The van der Waals surface area contributed by atoms with Crippen molar-refractivity contribution in [1.82, 2.24) is 9.78 Å². The fourth-order valence-electron chi connectivity index (χ4n) is 3.30. The van der Waals surface area contributed by atoms with Gasteiger partial charge in [0.05, 0.1) is 18.3 Å². The molecule has 2 aromatic carbocycles. The van der Waals surface area contributed by atoms with Gasteiger partial charge in [0.2, 0.25) is 5.91 Å². The normalized spacial score (nSPS) is 16.0. The maximum atomic E-state index is 12.2. The van der Waals surface area contributed by atoms with E-state index in [-0.39, 0.29) is 17.4 Å². The standard InChI is InChI=1S/C20H17N3O3/c24-18-10-16(14-6-8-15(9-7-14)20(25)26)17-11-21-23(19(17)22-18)12-13-4-2-1-3-5-13/h1-9,11,16H,10,12H2,(H,22,24)(H,25,26)/t16-/m1/s1. The van der Waals surface area contributed by atoms with Gasteiger partial charge < -0.3 is 10.4 Å². The Balaban J connectivity index is 1.68. The number of carboxylic acids is 1. The van der Waals surface area contributed by atoms with E-state index in [9.17, 15) is 9.59 Å². The molecule has 0 saturated heterocycles. The molecule has 3 aromatic rings. The predicted molar refractivity (Wildman–Crippen MR) is 96.3 cm³/mol. The van der Waals surface area contributed by atoms with E-state index in [4.69, 9.17) is 5.11 Å². The van der Waals surface area contributed by atoms with Crippen LogP contribution in [0.25, 0.3) is 0 Å². The smallest absolute Gasteiger partial charge is 0.335 e. The molecule has 1 atom stereocenters. The summed E-state index contributed by atoms with van der Waals surface area (Å²) in [6.07, 6.45) is 2.10. The van der Waals surface area contributed by atoms with Crippen molar-refractivity contribution in [2.45, 2.75) is 18.9 Å². The van der Waals surface area contributed by atoms with Crippen molar-refractivity contribution in [3.8, 4) is 0 Å². The van der Waals surface area contributed by atoms with Crippen molar-refractivity contribution in [1.29, 1.82) is 0 Å². The van der Waals surface area contributed by atoms with Crippen molar-refractivity contribution in [2.75, 3.05) is 5.32 Å². The first kappa shape index (κ1) is 16.1. The average molecular weight is 347 g/mol. The Hall–Kier alpha value is -3.41. The molecule has 1 aromatic heterocycles. The molecule has 6 heteroatoms. The molecule has 1 aliphatic heterocycles. The Labute approximate surface area is 150 Å². The minimum atomic E-state index is -0.964. The van der Waals surface area contributed by atoms with Gasteiger partial charge in [-0.1, -0.05) is 42.5 Å². The first-order chi connectivity index (χ1) is 12.6. The Morgan fingerprint density at radius 1 is 1.15 bits per heavy atom. The molecule has 2 N–H and O–H groups in total. The molecule has 0 bridgehead atoms. The number of anilines is 1. The van der Waals surface area contributed by atoms with Gasteiger partial charge in [-0.05, 0) is 23.3 Å². The number of aromatic carboxylic acids is 1. The number of benzene rings is 2. The highest BCUT2D eigenvalue weighted by Crippen LogP contribution is 2.37. The van der Waals surface area contributed by atoms with Crippen LogP contribution in [0.1, 0.15) is 39.4 Å². The van der Waals surface area contributed by atoms with Gasteiger partial charge in [0, 0.05) is 17.9 Å². The first-order valence-corrected chi connectivity index (χ1v) is 8.34. The van der Waals surface area contributed by atoms with Crippen LogP contribution in [0.2, 0.25) is 0 Å². The van der Waals surface area contributed by atoms with Crippen LogP contribution in [-0.4, -0.2) is 26.8 Å². The molecule has 2 heterocycles. The van der Waals surface area contributed by atoms with Crippen molar-refractivity contribution >= 4 is 17.7 Å². The third kappa shape index (κ3) is 2.97. The van der Waals surface area contributed by atoms with Crippen LogP contribution in [0, 0.1) is 0 Å². The summed E-state index contributed by atoms with van der Waals surface area (Å²) in [6, 6.07) is 16.6. The second-order valence-corrected chi connectivity index (χ2v) is 6.32. The second-order valence-electron chi connectivity index (χ2n) is 6.32. The van der Waals surface area contributed by atoms with E-state index in [0.717, 1.165) is 16.7 Å². The van der Waals surface area contributed by atoms with Gasteiger partial charge in [-0.25, -0.2) is 9.48 Å². The number of fused-ring (bicyclic) bond motifs is 1. The largest absolute Gasteiger partial charge is 0.478 e. The van der Waals surface area contributed by atoms with Crippen LogP contribution in [0.5, 0.6) is 0 Å². The Morgan fingerprint density at radius 2 is 1.88 bits per heavy atom. The van der Waals surface area contributed by atoms with E-state index < -0.39 is 5.97 Å². The van der Waals surface area contributed by atoms with Gasteiger partial charge in [-0.15, -0.1) is 0 Å². The highest BCUT2D eigenvalue weighted by molar-refractivity contribution is 5.94. The minimum Gasteiger partial charge on any atom is -0.478 e. The second kappa shape index (κ2) is 6.48. The summed E-state index contributed by atoms with van der Waals surface area (Å²) in [7, 11) is 0. The van der Waals surface area contributed by atoms with Crippen LogP contribution in [0.4, 0.5) is 5.82 Å². The molecule has 130 valence electrons. The molecular weight excluding hydrogens is 330 g/mol. The predicted octanol–water partition coefficient (Wildman–Crippen LogP) is 3.10. The first-order valence-electron chi connectivity index (χ1n) is 8.34. The lowest BCUT2D eigenvalue weighted by atomic mass is 9.87. The molecule has 0 radical (unpaired) electrons. The molecule has 0 aliphatic carbocycles. The lowest BCUT2D eigenvalue weighted by molar-refractivity contribution is -0.116. The van der Waals surface area contributed by atoms with Gasteiger partial charge in [0.15, 0.2) is 0 Å². The molecule has 4 rings (SSSR count). The zero-order valence-electron chi connectivity index (χ0n) is 13.9. The number of hydrogen-bond donors (Lipinski definition) is 2. The number of carboxylic acid groups (broad SMARTS) is 1. The lowest BCUT2D eigenvalue weighted by Gasteiger charge is -2.24. The zero-order chi connectivity index (χ0) is 18.1. The molecule has 0 saturated carbocycles. The minimum absolute atomic E-state index is 0.0698. The number of hydrogen-bond acceptors (Lipinski definition) is 3. The van der Waals surface area contributed by atoms with Crippen molar-refractivity contribution in [3.63, 3.8) is 0 Å². The summed E-state index contributed by atoms with van der Waals surface area (Å²) >= 11 is 0. The highest BCUT2D eigenvalue weighted by atomic mass is 16.4. The number of amides is 1. The summed E-state index contributed by atoms with van der Waals surface area (Å²) in [4.78, 5) is 23.3. The summed E-state index contributed by atoms with van der Waals surface area (Å²) < 4.78 is 1.79. The lowest BCUT2D eigenvalue weighted by Crippen LogP contribution is -2.25. The van der Waals surface area contributed by atoms with Gasteiger partial charge in [-0.3, -0.25) is 4.79 Å². The summed E-state index contributed by atoms with van der Waals surface area (Å²) in [5.41, 5.74) is 3.18. The van der Waals surface area contributed by atoms with Gasteiger partial charge in [0.1, 0.15) is 5.82 Å². The highest BCUT2D eigenvalue weighted by Gasteiger charge is 2.30. The van der Waals surface area contributed by atoms with Gasteiger partial charge in [0.25, 0.3) is 0 Å². The van der Waals surface area contributed by atoms with Crippen molar-refractivity contribution in [2.24, 2.45) is 0 Å². The number of nitrogens with zero attached hydrogens (tertiary/aromatic N) is 2. The summed E-state index contributed by atoms with van der Waals surface area (Å²) in [6.45, 7) is 0.571. The number of carbonyl (C=O) groups excluding carboxylic acids is 1. The fourth-order valence-corrected chi connectivity index (χ4v) is 3.30. The van der Waals surface area contributed by atoms with Crippen molar-refractivity contribution < 1.29 is 14.7 Å². The Kier molecular flexibility index (Phi) is 4.01. The van der Waals surface area contributed by atoms with E-state index in [1.54, 1.807) is 35.1 Å². The Bertz CT molecular complexity index is 962. The maximum Gasteiger partial charge on any atom is 0.335 e. The number of aromatic nitrogens is 2. The van der Waals surface area contributed by atoms with Crippen LogP contribution in [0.15, 0.2) is 60.8 Å². The van der Waals surface area contributed by atoms with Crippen molar-refractivity contribution in [3.05, 3.63) is 83.0 Å². The molecule has 0 spiro atoms. The SMILES string of the molecule is O=C1C[C@H](c2ccc(C(=O)O)cc2)c2cnn(Cc3ccccc3)c2N1. The van der Waals surface area contributed by atoms with Crippen LogP contribution < -0.4 is 5.32 Å². The zero-order valence-corrected chi connectivity index (χ0v) is 13.9. The topological polar surface area (TPSA) is 84.2 Å². The number of rotatable bonds is 4. The van der Waals surface area contributed by atoms with E-state index in [2.05, 4.69) is 10.4 Å². The summed E-state index contributed by atoms with van der Waals surface area (Å²) in [5.74, 6) is -0.461. The maximum absolute atomic E-state index is 12.2. The van der Waals surface area contributed by atoms with E-state index in [0.29, 0.717) is 18.8 Å². The summed E-state index contributed by atoms with van der Waals surface area (Å²) in [5, 5.41) is 16.4. The molecule has 1 amide bonds. The average Bonchev–Trinajstić information content (AvgIpc) is 3.04.